The fourth-order valence-electron chi connectivity index (χ4n) is 2.05. The number of carboxylic acid groups (broad SMARTS) is 1. The first kappa shape index (κ1) is 15.9. The van der Waals surface area contributed by atoms with Crippen LogP contribution in [0.2, 0.25) is 0 Å². The van der Waals surface area contributed by atoms with E-state index in [1.807, 2.05) is 0 Å². The van der Waals surface area contributed by atoms with Crippen molar-refractivity contribution in [2.75, 3.05) is 0 Å². The van der Waals surface area contributed by atoms with Crippen LogP contribution in [-0.4, -0.2) is 29.3 Å². The van der Waals surface area contributed by atoms with Gasteiger partial charge in [-0.1, -0.05) is 0 Å². The maximum absolute atomic E-state index is 12.2. The lowest BCUT2D eigenvalue weighted by atomic mass is 10.1. The lowest BCUT2D eigenvalue weighted by Crippen LogP contribution is -2.22. The van der Waals surface area contributed by atoms with Gasteiger partial charge in [0.25, 0.3) is 0 Å². The second-order valence-electron chi connectivity index (χ2n) is 5.24. The van der Waals surface area contributed by atoms with Crippen molar-refractivity contribution in [2.45, 2.75) is 39.9 Å². The van der Waals surface area contributed by atoms with E-state index in [0.717, 1.165) is 0 Å². The third-order valence-electron chi connectivity index (χ3n) is 3.04. The predicted octanol–water partition coefficient (Wildman–Crippen LogP) is 3.16. The van der Waals surface area contributed by atoms with Gasteiger partial charge in [0.05, 0.1) is 6.10 Å². The second kappa shape index (κ2) is 6.09. The second-order valence-corrected chi connectivity index (χ2v) is 5.24. The van der Waals surface area contributed by atoms with E-state index in [1.165, 1.54) is 6.92 Å². The van der Waals surface area contributed by atoms with Crippen molar-refractivity contribution >= 4 is 22.9 Å². The maximum atomic E-state index is 12.2. The third-order valence-corrected chi connectivity index (χ3v) is 3.04. The van der Waals surface area contributed by atoms with Gasteiger partial charge in [0.15, 0.2) is 6.10 Å². The highest BCUT2D eigenvalue weighted by Crippen LogP contribution is 2.30. The predicted molar refractivity (Wildman–Crippen MR) is 79.2 cm³/mol. The summed E-state index contributed by atoms with van der Waals surface area (Å²) in [5.41, 5.74) is 0.848. The van der Waals surface area contributed by atoms with Gasteiger partial charge in [0.1, 0.15) is 22.7 Å². The third kappa shape index (κ3) is 3.21. The number of carbonyl (C=O) groups excluding carboxylic acids is 1. The minimum absolute atomic E-state index is 0.247. The van der Waals surface area contributed by atoms with Gasteiger partial charge in [0, 0.05) is 5.39 Å². The van der Waals surface area contributed by atoms with Crippen molar-refractivity contribution in [3.63, 3.8) is 0 Å². The molecule has 0 saturated carbocycles. The van der Waals surface area contributed by atoms with Crippen molar-refractivity contribution in [1.29, 1.82) is 0 Å². The summed E-state index contributed by atoms with van der Waals surface area (Å²) in [6, 6.07) is 4.82. The molecule has 118 valence electrons. The van der Waals surface area contributed by atoms with Crippen molar-refractivity contribution in [1.82, 2.24) is 0 Å². The summed E-state index contributed by atoms with van der Waals surface area (Å²) in [4.78, 5) is 23.0. The molecule has 1 heterocycles. The maximum Gasteiger partial charge on any atom is 0.344 e. The molecule has 2 rings (SSSR count). The molecule has 1 aromatic heterocycles. The van der Waals surface area contributed by atoms with Gasteiger partial charge >= 0.3 is 11.9 Å². The average Bonchev–Trinajstić information content (AvgIpc) is 2.73. The van der Waals surface area contributed by atoms with Crippen LogP contribution in [-0.2, 0) is 9.53 Å². The zero-order chi connectivity index (χ0) is 16.4. The summed E-state index contributed by atoms with van der Waals surface area (Å²) in [6.45, 7) is 6.63. The van der Waals surface area contributed by atoms with E-state index in [1.54, 1.807) is 39.0 Å². The standard InChI is InChI=1S/C16H18O6/c1-8(2)20-16(19)14-9(3)22-13-6-5-11(7-12(13)14)21-10(4)15(17)18/h5-8,10H,1-4H3,(H,17,18). The summed E-state index contributed by atoms with van der Waals surface area (Å²) in [7, 11) is 0. The molecule has 0 radical (unpaired) electrons. The summed E-state index contributed by atoms with van der Waals surface area (Å²) < 4.78 is 16.1. The van der Waals surface area contributed by atoms with E-state index in [4.69, 9.17) is 19.0 Å². The Labute approximate surface area is 127 Å². The fraction of sp³-hybridized carbons (Fsp3) is 0.375. The number of esters is 1. The molecule has 1 N–H and O–H groups in total. The van der Waals surface area contributed by atoms with Crippen LogP contribution in [0.3, 0.4) is 0 Å². The number of aryl methyl sites for hydroxylation is 1. The molecule has 0 spiro atoms. The number of fused-ring (bicyclic) bond motifs is 1. The monoisotopic (exact) mass is 306 g/mol. The summed E-state index contributed by atoms with van der Waals surface area (Å²) in [5.74, 6) is -0.747. The molecular weight excluding hydrogens is 288 g/mol. The van der Waals surface area contributed by atoms with Crippen LogP contribution in [0, 0.1) is 6.92 Å². The van der Waals surface area contributed by atoms with Gasteiger partial charge < -0.3 is 19.0 Å². The highest BCUT2D eigenvalue weighted by atomic mass is 16.5. The van der Waals surface area contributed by atoms with E-state index < -0.39 is 18.0 Å². The van der Waals surface area contributed by atoms with E-state index in [2.05, 4.69) is 0 Å². The molecule has 1 aromatic carbocycles. The molecule has 6 nitrogen and oxygen atoms in total. The van der Waals surface area contributed by atoms with Gasteiger partial charge in [-0.15, -0.1) is 0 Å². The molecular formula is C16H18O6. The highest BCUT2D eigenvalue weighted by molar-refractivity contribution is 6.05. The minimum atomic E-state index is -1.07. The SMILES string of the molecule is Cc1oc2ccc(OC(C)C(=O)O)cc2c1C(=O)OC(C)C. The smallest absolute Gasteiger partial charge is 0.344 e. The van der Waals surface area contributed by atoms with E-state index >= 15 is 0 Å². The topological polar surface area (TPSA) is 86.0 Å². The molecule has 0 bridgehead atoms. The Balaban J connectivity index is 2.42. The quantitative estimate of drug-likeness (QED) is 0.854. The number of hydrogen-bond donors (Lipinski definition) is 1. The Morgan fingerprint density at radius 2 is 1.91 bits per heavy atom. The van der Waals surface area contributed by atoms with Crippen LogP contribution < -0.4 is 4.74 Å². The summed E-state index contributed by atoms with van der Waals surface area (Å²) in [5, 5.41) is 9.43. The zero-order valence-electron chi connectivity index (χ0n) is 12.9. The van der Waals surface area contributed by atoms with Crippen LogP contribution in [0.4, 0.5) is 0 Å². The Morgan fingerprint density at radius 3 is 2.50 bits per heavy atom. The number of hydrogen-bond acceptors (Lipinski definition) is 5. The Bertz CT molecular complexity index is 713. The molecule has 2 aromatic rings. The number of furan rings is 1. The molecule has 0 aliphatic carbocycles. The van der Waals surface area contributed by atoms with Gasteiger partial charge in [-0.2, -0.15) is 0 Å². The zero-order valence-corrected chi connectivity index (χ0v) is 12.9. The van der Waals surface area contributed by atoms with E-state index in [-0.39, 0.29) is 6.10 Å². The Kier molecular flexibility index (Phi) is 4.40. The highest BCUT2D eigenvalue weighted by Gasteiger charge is 2.21. The molecule has 0 saturated heterocycles. The molecule has 22 heavy (non-hydrogen) atoms. The van der Waals surface area contributed by atoms with Crippen LogP contribution in [0.5, 0.6) is 5.75 Å². The molecule has 0 amide bonds. The van der Waals surface area contributed by atoms with E-state index in [9.17, 15) is 9.59 Å². The molecule has 6 heteroatoms. The van der Waals surface area contributed by atoms with Gasteiger partial charge in [-0.05, 0) is 45.9 Å². The largest absolute Gasteiger partial charge is 0.479 e. The number of aliphatic carboxylic acids is 1. The van der Waals surface area contributed by atoms with Crippen LogP contribution in [0.1, 0.15) is 36.9 Å². The van der Waals surface area contributed by atoms with Crippen molar-refractivity contribution in [2.24, 2.45) is 0 Å². The number of rotatable bonds is 5. The van der Waals surface area contributed by atoms with Gasteiger partial charge in [-0.3, -0.25) is 0 Å². The fourth-order valence-corrected chi connectivity index (χ4v) is 2.05. The van der Waals surface area contributed by atoms with Crippen molar-refractivity contribution in [3.8, 4) is 5.75 Å². The first-order chi connectivity index (χ1) is 10.3. The normalized spacial score (nSPS) is 12.4. The number of ether oxygens (including phenoxy) is 2. The average molecular weight is 306 g/mol. The first-order valence-electron chi connectivity index (χ1n) is 6.93. The molecule has 0 aliphatic heterocycles. The van der Waals surface area contributed by atoms with E-state index in [0.29, 0.717) is 28.0 Å². The lowest BCUT2D eigenvalue weighted by Gasteiger charge is -2.10. The summed E-state index contributed by atoms with van der Waals surface area (Å²) >= 11 is 0. The Hall–Kier alpha value is -2.50. The van der Waals surface area contributed by atoms with Crippen LogP contribution >= 0.6 is 0 Å². The van der Waals surface area contributed by atoms with Gasteiger partial charge in [0.2, 0.25) is 0 Å². The number of carboxylic acids is 1. The minimum Gasteiger partial charge on any atom is -0.479 e. The number of benzene rings is 1. The summed E-state index contributed by atoms with van der Waals surface area (Å²) in [6.07, 6.45) is -1.24. The Morgan fingerprint density at radius 1 is 1.23 bits per heavy atom. The van der Waals surface area contributed by atoms with Crippen LogP contribution in [0.25, 0.3) is 11.0 Å². The van der Waals surface area contributed by atoms with Crippen molar-refractivity contribution < 1.29 is 28.6 Å². The lowest BCUT2D eigenvalue weighted by molar-refractivity contribution is -0.144. The molecule has 1 unspecified atom stereocenters. The molecule has 1 atom stereocenters. The van der Waals surface area contributed by atoms with Gasteiger partial charge in [-0.25, -0.2) is 9.59 Å². The van der Waals surface area contributed by atoms with Crippen molar-refractivity contribution in [3.05, 3.63) is 29.5 Å². The molecule has 0 fully saturated rings. The van der Waals surface area contributed by atoms with Crippen LogP contribution in [0.15, 0.2) is 22.6 Å². The first-order valence-corrected chi connectivity index (χ1v) is 6.93. The molecule has 0 aliphatic rings. The number of carbonyl (C=O) groups is 2.